The van der Waals surface area contributed by atoms with Crippen molar-refractivity contribution in [2.45, 2.75) is 63.6 Å². The highest BCUT2D eigenvalue weighted by molar-refractivity contribution is 5.82. The number of nitrogens with zero attached hydrogens (tertiary/aromatic N) is 4. The molecule has 4 heterocycles. The average molecular weight is 404 g/mol. The first kappa shape index (κ1) is 20.3. The minimum Gasteiger partial charge on any atom is -0.375 e. The van der Waals surface area contributed by atoms with E-state index in [1.54, 1.807) is 13.4 Å². The summed E-state index contributed by atoms with van der Waals surface area (Å²) in [6.07, 6.45) is 5.98. The fourth-order valence-electron chi connectivity index (χ4n) is 5.53. The van der Waals surface area contributed by atoms with Crippen LogP contribution in [0.3, 0.4) is 0 Å². The van der Waals surface area contributed by atoms with Crippen LogP contribution in [-0.2, 0) is 26.3 Å². The van der Waals surface area contributed by atoms with Gasteiger partial charge >= 0.3 is 0 Å². The molecular weight excluding hydrogens is 370 g/mol. The van der Waals surface area contributed by atoms with Crippen LogP contribution < -0.4 is 0 Å². The second-order valence-electron chi connectivity index (χ2n) is 8.80. The first-order valence-corrected chi connectivity index (χ1v) is 10.8. The van der Waals surface area contributed by atoms with E-state index >= 15 is 0 Å². The van der Waals surface area contributed by atoms with Crippen molar-refractivity contribution in [3.05, 3.63) is 17.7 Å². The molecule has 160 valence electrons. The summed E-state index contributed by atoms with van der Waals surface area (Å²) < 4.78 is 5.13. The maximum Gasteiger partial charge on any atom is 0.249 e. The van der Waals surface area contributed by atoms with E-state index in [2.05, 4.69) is 28.7 Å². The van der Waals surface area contributed by atoms with Crippen LogP contribution in [0, 0.1) is 0 Å². The maximum atomic E-state index is 13.3. The molecule has 1 atom stereocenters. The first-order valence-electron chi connectivity index (χ1n) is 10.8. The number of H-pyrrole nitrogens is 1. The van der Waals surface area contributed by atoms with Crippen molar-refractivity contribution in [1.82, 2.24) is 24.7 Å². The van der Waals surface area contributed by atoms with Crippen LogP contribution in [-0.4, -0.2) is 88.5 Å². The second-order valence-corrected chi connectivity index (χ2v) is 8.80. The number of aromatic nitrogens is 2. The summed E-state index contributed by atoms with van der Waals surface area (Å²) in [5.41, 5.74) is 1.66. The summed E-state index contributed by atoms with van der Waals surface area (Å²) >= 11 is 0. The maximum absolute atomic E-state index is 13.3. The highest BCUT2D eigenvalue weighted by atomic mass is 16.5. The molecule has 0 unspecified atom stereocenters. The largest absolute Gasteiger partial charge is 0.375 e. The van der Waals surface area contributed by atoms with Crippen LogP contribution in [0.5, 0.6) is 0 Å². The molecule has 0 saturated carbocycles. The Kier molecular flexibility index (Phi) is 5.66. The normalized spacial score (nSPS) is 24.3. The molecule has 3 aliphatic heterocycles. The van der Waals surface area contributed by atoms with Gasteiger partial charge in [0.2, 0.25) is 11.8 Å². The highest BCUT2D eigenvalue weighted by Gasteiger charge is 2.49. The van der Waals surface area contributed by atoms with Gasteiger partial charge in [-0.1, -0.05) is 0 Å². The number of likely N-dealkylation sites (tertiary alicyclic amines) is 2. The first-order chi connectivity index (χ1) is 14.0. The molecule has 0 aliphatic carbocycles. The Labute approximate surface area is 172 Å². The molecule has 2 amide bonds. The van der Waals surface area contributed by atoms with Crippen LogP contribution in [0.25, 0.3) is 0 Å². The number of rotatable bonds is 4. The Morgan fingerprint density at radius 3 is 2.72 bits per heavy atom. The Morgan fingerprint density at radius 2 is 2.03 bits per heavy atom. The van der Waals surface area contributed by atoms with E-state index in [-0.39, 0.29) is 24.5 Å². The molecule has 4 rings (SSSR count). The van der Waals surface area contributed by atoms with Crippen molar-refractivity contribution in [2.75, 3.05) is 39.9 Å². The van der Waals surface area contributed by atoms with Crippen molar-refractivity contribution >= 4 is 11.8 Å². The number of fused-ring (bicyclic) bond motifs is 2. The lowest BCUT2D eigenvalue weighted by atomic mass is 9.78. The number of ether oxygens (including phenoxy) is 1. The number of carbonyl (C=O) groups excluding carboxylic acids is 2. The summed E-state index contributed by atoms with van der Waals surface area (Å²) in [7, 11) is 1.55. The van der Waals surface area contributed by atoms with Gasteiger partial charge in [-0.05, 0) is 46.1 Å². The van der Waals surface area contributed by atoms with Crippen LogP contribution in [0.15, 0.2) is 6.33 Å². The van der Waals surface area contributed by atoms with E-state index in [1.807, 2.05) is 9.80 Å². The predicted octanol–water partition coefficient (Wildman–Crippen LogP) is 1.13. The fraction of sp³-hybridized carbons (Fsp3) is 0.762. The molecule has 8 heteroatoms. The van der Waals surface area contributed by atoms with Crippen LogP contribution in [0.1, 0.15) is 50.9 Å². The topological polar surface area (TPSA) is 81.8 Å². The fourth-order valence-corrected chi connectivity index (χ4v) is 5.53. The number of amides is 2. The van der Waals surface area contributed by atoms with Gasteiger partial charge in [-0.25, -0.2) is 4.98 Å². The molecule has 1 aromatic rings. The van der Waals surface area contributed by atoms with E-state index in [0.717, 1.165) is 50.0 Å². The number of methoxy groups -OCH3 is 1. The SMILES string of the molecule is COCC(=O)N1CCc2[nH]cnc2C12CCN(C(=O)[C@@H]1CCCN1C(C)C)CC2. The van der Waals surface area contributed by atoms with Gasteiger partial charge in [0.25, 0.3) is 0 Å². The lowest BCUT2D eigenvalue weighted by Gasteiger charge is -2.50. The number of imidazole rings is 1. The molecule has 0 bridgehead atoms. The number of aromatic amines is 1. The van der Waals surface area contributed by atoms with Gasteiger partial charge in [-0.3, -0.25) is 14.5 Å². The standard InChI is InChI=1S/C21H33N5O3/c1-15(2)25-9-4-5-17(25)20(28)24-11-7-21(8-12-24)19-16(22-14-23-19)6-10-26(21)18(27)13-29-3/h14-15,17H,4-13H2,1-3H3,(H,22,23)/t17-/m0/s1. The van der Waals surface area contributed by atoms with Gasteiger partial charge in [0.15, 0.2) is 0 Å². The smallest absolute Gasteiger partial charge is 0.249 e. The van der Waals surface area contributed by atoms with E-state index in [0.29, 0.717) is 25.7 Å². The summed E-state index contributed by atoms with van der Waals surface area (Å²) in [6, 6.07) is 0.386. The van der Waals surface area contributed by atoms with Crippen molar-refractivity contribution in [3.63, 3.8) is 0 Å². The zero-order valence-corrected chi connectivity index (χ0v) is 17.8. The predicted molar refractivity (Wildman–Crippen MR) is 108 cm³/mol. The summed E-state index contributed by atoms with van der Waals surface area (Å²) in [5, 5.41) is 0. The molecule has 1 N–H and O–H groups in total. The van der Waals surface area contributed by atoms with Crippen LogP contribution in [0.4, 0.5) is 0 Å². The van der Waals surface area contributed by atoms with Gasteiger partial charge in [0, 0.05) is 44.9 Å². The Balaban J connectivity index is 1.53. The number of hydrogen-bond donors (Lipinski definition) is 1. The molecule has 2 saturated heterocycles. The molecule has 0 radical (unpaired) electrons. The third-order valence-corrected chi connectivity index (χ3v) is 6.97. The number of carbonyl (C=O) groups is 2. The number of nitrogens with one attached hydrogen (secondary N) is 1. The van der Waals surface area contributed by atoms with Crippen molar-refractivity contribution in [1.29, 1.82) is 0 Å². The Bertz CT molecular complexity index is 753. The minimum absolute atomic E-state index is 0.00239. The van der Waals surface area contributed by atoms with Gasteiger partial charge in [0.1, 0.15) is 6.61 Å². The van der Waals surface area contributed by atoms with Gasteiger partial charge < -0.3 is 19.5 Å². The van der Waals surface area contributed by atoms with Crippen LogP contribution >= 0.6 is 0 Å². The number of piperidine rings is 1. The molecule has 0 aromatic carbocycles. The Hall–Kier alpha value is -1.93. The van der Waals surface area contributed by atoms with Crippen molar-refractivity contribution < 1.29 is 14.3 Å². The number of hydrogen-bond acceptors (Lipinski definition) is 5. The van der Waals surface area contributed by atoms with Gasteiger partial charge in [0.05, 0.1) is 23.6 Å². The third-order valence-electron chi connectivity index (χ3n) is 6.97. The van der Waals surface area contributed by atoms with E-state index in [4.69, 9.17) is 4.74 Å². The van der Waals surface area contributed by atoms with E-state index < -0.39 is 5.54 Å². The zero-order chi connectivity index (χ0) is 20.6. The molecule has 8 nitrogen and oxygen atoms in total. The molecule has 29 heavy (non-hydrogen) atoms. The quantitative estimate of drug-likeness (QED) is 0.815. The van der Waals surface area contributed by atoms with Crippen molar-refractivity contribution in [2.24, 2.45) is 0 Å². The van der Waals surface area contributed by atoms with E-state index in [9.17, 15) is 9.59 Å². The Morgan fingerprint density at radius 1 is 1.28 bits per heavy atom. The van der Waals surface area contributed by atoms with Gasteiger partial charge in [-0.15, -0.1) is 0 Å². The lowest BCUT2D eigenvalue weighted by Crippen LogP contribution is -2.60. The monoisotopic (exact) mass is 403 g/mol. The average Bonchev–Trinajstić information content (AvgIpc) is 3.38. The zero-order valence-electron chi connectivity index (χ0n) is 17.8. The summed E-state index contributed by atoms with van der Waals surface area (Å²) in [6.45, 7) is 7.38. The second kappa shape index (κ2) is 8.07. The molecule has 2 fully saturated rings. The molecular formula is C21H33N5O3. The molecule has 3 aliphatic rings. The highest BCUT2D eigenvalue weighted by Crippen LogP contribution is 2.42. The minimum atomic E-state index is -0.437. The summed E-state index contributed by atoms with van der Waals surface area (Å²) in [4.78, 5) is 40.2. The lowest BCUT2D eigenvalue weighted by molar-refractivity contribution is -0.149. The van der Waals surface area contributed by atoms with Gasteiger partial charge in [-0.2, -0.15) is 0 Å². The third kappa shape index (κ3) is 3.46. The molecule has 1 aromatic heterocycles. The summed E-state index contributed by atoms with van der Waals surface area (Å²) in [5.74, 6) is 0.251. The molecule has 1 spiro atoms. The van der Waals surface area contributed by atoms with E-state index in [1.165, 1.54) is 0 Å². The van der Waals surface area contributed by atoms with Crippen molar-refractivity contribution in [3.8, 4) is 0 Å². The van der Waals surface area contributed by atoms with Crippen LogP contribution in [0.2, 0.25) is 0 Å².